The third kappa shape index (κ3) is 6.78. The molecule has 0 radical (unpaired) electrons. The van der Waals surface area contributed by atoms with Crippen molar-refractivity contribution < 1.29 is 9.53 Å². The van der Waals surface area contributed by atoms with Crippen molar-refractivity contribution in [1.29, 1.82) is 0 Å². The van der Waals surface area contributed by atoms with Crippen molar-refractivity contribution in [2.45, 2.75) is 39.2 Å². The molecule has 1 aromatic carbocycles. The molecule has 0 spiro atoms. The lowest BCUT2D eigenvalue weighted by molar-refractivity contribution is 0.151. The standard InChI is InChI=1S/C14H22BrNO2Si/c1-11-9-12(5-6-13(11)15)10-16-14(17)18-7-8-19(2,3)4/h5-6,9H,7-8,10H2,1-4H3,(H,16,17). The van der Waals surface area contributed by atoms with Crippen LogP contribution in [0.5, 0.6) is 0 Å². The molecule has 0 bridgehead atoms. The maximum atomic E-state index is 11.5. The second kappa shape index (κ2) is 7.10. The van der Waals surface area contributed by atoms with Crippen molar-refractivity contribution in [2.24, 2.45) is 0 Å². The van der Waals surface area contributed by atoms with Crippen LogP contribution in [0.3, 0.4) is 0 Å². The Hall–Kier alpha value is -0.813. The van der Waals surface area contributed by atoms with Gasteiger partial charge in [0.1, 0.15) is 0 Å². The minimum Gasteiger partial charge on any atom is -0.450 e. The number of halogens is 1. The molecule has 0 atom stereocenters. The molecule has 0 aliphatic heterocycles. The van der Waals surface area contributed by atoms with Crippen molar-refractivity contribution in [3.8, 4) is 0 Å². The number of hydrogen-bond donors (Lipinski definition) is 1. The third-order valence-corrected chi connectivity index (χ3v) is 5.34. The summed E-state index contributed by atoms with van der Waals surface area (Å²) >= 11 is 3.45. The lowest BCUT2D eigenvalue weighted by Gasteiger charge is -2.15. The molecule has 0 aliphatic rings. The summed E-state index contributed by atoms with van der Waals surface area (Å²) in [6.45, 7) is 9.83. The summed E-state index contributed by atoms with van der Waals surface area (Å²) in [5.74, 6) is 0. The van der Waals surface area contributed by atoms with E-state index < -0.39 is 8.07 Å². The largest absolute Gasteiger partial charge is 0.450 e. The molecular formula is C14H22BrNO2Si. The van der Waals surface area contributed by atoms with Crippen LogP contribution in [-0.2, 0) is 11.3 Å². The van der Waals surface area contributed by atoms with Crippen LogP contribution in [0.1, 0.15) is 11.1 Å². The van der Waals surface area contributed by atoms with E-state index in [1.807, 2.05) is 25.1 Å². The third-order valence-electron chi connectivity index (χ3n) is 2.74. The van der Waals surface area contributed by atoms with Gasteiger partial charge >= 0.3 is 6.09 Å². The molecule has 0 saturated heterocycles. The van der Waals surface area contributed by atoms with Crippen LogP contribution in [0.2, 0.25) is 25.7 Å². The van der Waals surface area contributed by atoms with Gasteiger partial charge in [0.2, 0.25) is 0 Å². The van der Waals surface area contributed by atoms with Crippen molar-refractivity contribution in [3.05, 3.63) is 33.8 Å². The Kier molecular flexibility index (Phi) is 6.07. The fourth-order valence-electron chi connectivity index (χ4n) is 1.49. The van der Waals surface area contributed by atoms with E-state index in [1.54, 1.807) is 0 Å². The summed E-state index contributed by atoms with van der Waals surface area (Å²) in [6.07, 6.45) is -0.334. The number of aryl methyl sites for hydroxylation is 1. The van der Waals surface area contributed by atoms with Gasteiger partial charge in [-0.25, -0.2) is 4.79 Å². The van der Waals surface area contributed by atoms with Crippen molar-refractivity contribution in [2.75, 3.05) is 6.61 Å². The van der Waals surface area contributed by atoms with Gasteiger partial charge in [-0.1, -0.05) is 47.7 Å². The van der Waals surface area contributed by atoms with E-state index in [1.165, 1.54) is 0 Å². The predicted octanol–water partition coefficient (Wildman–Crippen LogP) is 4.32. The normalized spacial score (nSPS) is 11.2. The number of benzene rings is 1. The number of rotatable bonds is 5. The van der Waals surface area contributed by atoms with E-state index in [0.717, 1.165) is 21.6 Å². The number of hydrogen-bond acceptors (Lipinski definition) is 2. The number of ether oxygens (including phenoxy) is 1. The smallest absolute Gasteiger partial charge is 0.407 e. The molecule has 5 heteroatoms. The molecule has 0 aromatic heterocycles. The first-order valence-electron chi connectivity index (χ1n) is 6.43. The first-order chi connectivity index (χ1) is 8.78. The highest BCUT2D eigenvalue weighted by Crippen LogP contribution is 2.16. The van der Waals surface area contributed by atoms with Crippen LogP contribution in [0, 0.1) is 6.92 Å². The van der Waals surface area contributed by atoms with Crippen LogP contribution >= 0.6 is 15.9 Å². The average molecular weight is 344 g/mol. The van der Waals surface area contributed by atoms with Crippen LogP contribution in [0.25, 0.3) is 0 Å². The van der Waals surface area contributed by atoms with E-state index in [4.69, 9.17) is 4.74 Å². The summed E-state index contributed by atoms with van der Waals surface area (Å²) in [4.78, 5) is 11.5. The summed E-state index contributed by atoms with van der Waals surface area (Å²) in [5, 5.41) is 2.77. The Morgan fingerprint density at radius 2 is 2.05 bits per heavy atom. The lowest BCUT2D eigenvalue weighted by Crippen LogP contribution is -2.27. The highest BCUT2D eigenvalue weighted by atomic mass is 79.9. The number of nitrogens with one attached hydrogen (secondary N) is 1. The van der Waals surface area contributed by atoms with Gasteiger partial charge in [0.05, 0.1) is 6.61 Å². The lowest BCUT2D eigenvalue weighted by atomic mass is 10.1. The van der Waals surface area contributed by atoms with Gasteiger partial charge in [-0.05, 0) is 30.2 Å². The van der Waals surface area contributed by atoms with Crippen LogP contribution in [0.15, 0.2) is 22.7 Å². The molecule has 0 saturated carbocycles. The highest BCUT2D eigenvalue weighted by Gasteiger charge is 2.13. The van der Waals surface area contributed by atoms with E-state index in [2.05, 4.69) is 40.9 Å². The predicted molar refractivity (Wildman–Crippen MR) is 85.2 cm³/mol. The van der Waals surface area contributed by atoms with E-state index in [9.17, 15) is 4.79 Å². The van der Waals surface area contributed by atoms with Gasteiger partial charge in [0.25, 0.3) is 0 Å². The Labute approximate surface area is 124 Å². The van der Waals surface area contributed by atoms with Gasteiger partial charge in [-0.3, -0.25) is 0 Å². The van der Waals surface area contributed by atoms with Crippen molar-refractivity contribution >= 4 is 30.1 Å². The first kappa shape index (κ1) is 16.2. The Morgan fingerprint density at radius 1 is 1.37 bits per heavy atom. The number of amides is 1. The highest BCUT2D eigenvalue weighted by molar-refractivity contribution is 9.10. The second-order valence-corrected chi connectivity index (χ2v) is 12.4. The maximum absolute atomic E-state index is 11.5. The summed E-state index contributed by atoms with van der Waals surface area (Å²) in [5.41, 5.74) is 2.23. The fraction of sp³-hybridized carbons (Fsp3) is 0.500. The summed E-state index contributed by atoms with van der Waals surface area (Å²) < 4.78 is 6.25. The molecule has 0 unspecified atom stereocenters. The zero-order valence-electron chi connectivity index (χ0n) is 12.0. The minimum atomic E-state index is -1.13. The topological polar surface area (TPSA) is 38.3 Å². The minimum absolute atomic E-state index is 0.334. The molecule has 3 nitrogen and oxygen atoms in total. The molecule has 1 rings (SSSR count). The molecule has 1 amide bonds. The molecule has 1 aromatic rings. The van der Waals surface area contributed by atoms with Crippen molar-refractivity contribution in [3.63, 3.8) is 0 Å². The fourth-order valence-corrected chi connectivity index (χ4v) is 2.45. The van der Waals surface area contributed by atoms with E-state index in [-0.39, 0.29) is 6.09 Å². The number of carbonyl (C=O) groups is 1. The zero-order valence-corrected chi connectivity index (χ0v) is 14.6. The summed E-state index contributed by atoms with van der Waals surface area (Å²) in [6, 6.07) is 7.02. The molecule has 0 heterocycles. The van der Waals surface area contributed by atoms with Crippen LogP contribution in [0.4, 0.5) is 4.79 Å². The van der Waals surface area contributed by atoms with Gasteiger partial charge in [-0.15, -0.1) is 0 Å². The van der Waals surface area contributed by atoms with E-state index in [0.29, 0.717) is 13.2 Å². The van der Waals surface area contributed by atoms with Gasteiger partial charge in [0, 0.05) is 19.1 Å². The first-order valence-corrected chi connectivity index (χ1v) is 10.9. The Morgan fingerprint density at radius 3 is 2.63 bits per heavy atom. The van der Waals surface area contributed by atoms with Crippen LogP contribution < -0.4 is 5.32 Å². The molecule has 0 fully saturated rings. The second-order valence-electron chi connectivity index (χ2n) is 5.88. The maximum Gasteiger partial charge on any atom is 0.407 e. The molecule has 0 aliphatic carbocycles. The Balaban J connectivity index is 2.32. The van der Waals surface area contributed by atoms with Crippen LogP contribution in [-0.4, -0.2) is 20.8 Å². The van der Waals surface area contributed by atoms with Crippen molar-refractivity contribution in [1.82, 2.24) is 5.32 Å². The zero-order chi connectivity index (χ0) is 14.5. The SMILES string of the molecule is Cc1cc(CNC(=O)OCC[Si](C)(C)C)ccc1Br. The number of alkyl carbamates (subject to hydrolysis) is 1. The molecular weight excluding hydrogens is 322 g/mol. The molecule has 1 N–H and O–H groups in total. The average Bonchev–Trinajstić information content (AvgIpc) is 2.29. The summed E-state index contributed by atoms with van der Waals surface area (Å²) in [7, 11) is -1.13. The monoisotopic (exact) mass is 343 g/mol. The van der Waals surface area contributed by atoms with Gasteiger partial charge in [-0.2, -0.15) is 0 Å². The van der Waals surface area contributed by atoms with Gasteiger partial charge < -0.3 is 10.1 Å². The molecule has 106 valence electrons. The van der Waals surface area contributed by atoms with Gasteiger partial charge in [0.15, 0.2) is 0 Å². The quantitative estimate of drug-likeness (QED) is 0.808. The Bertz CT molecular complexity index is 444. The van der Waals surface area contributed by atoms with E-state index >= 15 is 0 Å². The number of carbonyl (C=O) groups excluding carboxylic acids is 1. The molecule has 19 heavy (non-hydrogen) atoms.